The molecule has 0 saturated heterocycles. The van der Waals surface area contributed by atoms with Crippen molar-refractivity contribution in [3.05, 3.63) is 91.0 Å². The van der Waals surface area contributed by atoms with Crippen molar-refractivity contribution in [1.29, 1.82) is 0 Å². The Kier molecular flexibility index (Phi) is 14.2. The van der Waals surface area contributed by atoms with Crippen LogP contribution in [0.15, 0.2) is 24.3 Å². The summed E-state index contributed by atoms with van der Waals surface area (Å²) in [6.45, 7) is 11.1. The summed E-state index contributed by atoms with van der Waals surface area (Å²) in [5.41, 5.74) is 7.93. The van der Waals surface area contributed by atoms with Crippen LogP contribution >= 0.6 is 0 Å². The molecule has 0 aromatic heterocycles. The minimum atomic E-state index is -0.474. The van der Waals surface area contributed by atoms with Crippen LogP contribution in [0.1, 0.15) is 144 Å². The van der Waals surface area contributed by atoms with Crippen molar-refractivity contribution in [1.82, 2.24) is 19.6 Å². The molecule has 68 heavy (non-hydrogen) atoms. The number of benzene rings is 4. The zero-order valence-corrected chi connectivity index (χ0v) is 39.8. The molecular formula is C52H68N4O12. The summed E-state index contributed by atoms with van der Waals surface area (Å²) in [6.07, 6.45) is 2.09. The summed E-state index contributed by atoms with van der Waals surface area (Å²) in [7, 11) is 0. The monoisotopic (exact) mass is 940 g/mol. The predicted octanol–water partition coefficient (Wildman–Crippen LogP) is 5.57. The molecular weight excluding hydrogens is 873 g/mol. The van der Waals surface area contributed by atoms with Crippen LogP contribution in [0.25, 0.3) is 0 Å². The van der Waals surface area contributed by atoms with Gasteiger partial charge in [-0.3, -0.25) is 19.6 Å². The summed E-state index contributed by atoms with van der Waals surface area (Å²) in [4.78, 5) is 7.75. The number of aliphatic hydroxyl groups is 4. The van der Waals surface area contributed by atoms with Crippen LogP contribution in [-0.2, 0) is 26.2 Å². The number of nitrogens with zero attached hydrogens (tertiary/aromatic N) is 4. The fourth-order valence-electron chi connectivity index (χ4n) is 11.7. The normalized spacial score (nSPS) is 21.6. The van der Waals surface area contributed by atoms with E-state index in [0.717, 1.165) is 22.3 Å². The Bertz CT molecular complexity index is 2180. The van der Waals surface area contributed by atoms with E-state index in [4.69, 9.17) is 18.9 Å². The molecule has 0 saturated carbocycles. The molecule has 1 aliphatic carbocycles. The maximum absolute atomic E-state index is 12.7. The van der Waals surface area contributed by atoms with Crippen LogP contribution in [0.5, 0.6) is 46.0 Å². The second kappa shape index (κ2) is 20.1. The molecule has 4 atom stereocenters. The fraction of sp³-hybridized carbons (Fsp3) is 0.538. The van der Waals surface area contributed by atoms with Gasteiger partial charge in [-0.15, -0.1) is 0 Å². The lowest BCUT2D eigenvalue weighted by atomic mass is 9.75. The third-order valence-corrected chi connectivity index (χ3v) is 15.0. The zero-order valence-electron chi connectivity index (χ0n) is 39.8. The van der Waals surface area contributed by atoms with Crippen LogP contribution < -0.4 is 18.9 Å². The van der Waals surface area contributed by atoms with Gasteiger partial charge in [-0.25, -0.2) is 0 Å². The topological polar surface area (TPSA) is 212 Å². The van der Waals surface area contributed by atoms with Gasteiger partial charge in [0.15, 0.2) is 0 Å². The Balaban J connectivity index is 1.41. The van der Waals surface area contributed by atoms with Crippen molar-refractivity contribution in [2.24, 2.45) is 0 Å². The number of phenols is 4. The average Bonchev–Trinajstić information content (AvgIpc) is 3.34. The van der Waals surface area contributed by atoms with Crippen molar-refractivity contribution >= 4 is 0 Å². The van der Waals surface area contributed by atoms with Crippen molar-refractivity contribution in [2.75, 3.05) is 79.5 Å². The van der Waals surface area contributed by atoms with E-state index < -0.39 is 23.7 Å². The van der Waals surface area contributed by atoms with Gasteiger partial charge in [-0.2, -0.15) is 0 Å². The van der Waals surface area contributed by atoms with E-state index in [-0.39, 0.29) is 76.3 Å². The highest BCUT2D eigenvalue weighted by atomic mass is 16.5. The Morgan fingerprint density at radius 3 is 0.750 bits per heavy atom. The average molecular weight is 941 g/mol. The molecule has 0 radical (unpaired) electrons. The van der Waals surface area contributed by atoms with Gasteiger partial charge in [0.2, 0.25) is 0 Å². The maximum atomic E-state index is 12.7. The van der Waals surface area contributed by atoms with Crippen LogP contribution in [0.2, 0.25) is 0 Å². The first-order chi connectivity index (χ1) is 33.0. The van der Waals surface area contributed by atoms with Gasteiger partial charge in [0, 0.05) is 121 Å². The molecule has 8 N–H and O–H groups in total. The van der Waals surface area contributed by atoms with Crippen LogP contribution in [-0.4, -0.2) is 140 Å². The Hall–Kier alpha value is -5.04. The number of fused-ring (bicyclic) bond motifs is 16. The minimum Gasteiger partial charge on any atom is -0.507 e. The Labute approximate surface area is 398 Å². The zero-order chi connectivity index (χ0) is 48.0. The number of phenolic OH excluding ortho intramolecular Hbond substituents is 4. The number of aromatic hydroxyl groups is 4. The molecule has 4 heterocycles. The molecule has 368 valence electrons. The maximum Gasteiger partial charge on any atom is 0.142 e. The van der Waals surface area contributed by atoms with E-state index in [2.05, 4.69) is 27.7 Å². The number of rotatable bonds is 12. The van der Waals surface area contributed by atoms with Gasteiger partial charge in [0.1, 0.15) is 72.9 Å². The van der Waals surface area contributed by atoms with Gasteiger partial charge in [0.25, 0.3) is 0 Å². The van der Waals surface area contributed by atoms with E-state index in [1.165, 1.54) is 0 Å². The van der Waals surface area contributed by atoms with Crippen molar-refractivity contribution in [3.63, 3.8) is 0 Å². The van der Waals surface area contributed by atoms with Crippen molar-refractivity contribution in [3.8, 4) is 46.0 Å². The number of aliphatic hydroxyl groups excluding tert-OH is 4. The lowest BCUT2D eigenvalue weighted by Gasteiger charge is -2.38. The largest absolute Gasteiger partial charge is 0.507 e. The standard InChI is InChI=1S/C52H68N4O12/c1-5-29-33-17-38(50-41(45(33)61)21-53(9-13-57)26-66-50)31(7-3)35-19-40(52-43(47(35)63)23-55(11-15-59)28-68-52)32(8-4)36-20-39(51-44(48(36)64)24-56(12-16-60)27-67-51)30(6-2)34-18-37(29)49-42(46(34)62)22-54(10-14-58)25-65-49/h17-20,29-32,57-64H,5-16,21-28H2,1-4H3. The predicted molar refractivity (Wildman–Crippen MR) is 253 cm³/mol. The molecule has 9 rings (SSSR count). The SMILES string of the molecule is CCC1c2cc(c3c(c2O)CN(CCO)CO3)C(CC)c2cc(c3c(c2O)CN(CCO)CO3)C(CC)c2cc(c3c(c2O)CN(CCO)CO3)C(CC)c2cc1c1c(c2O)CN(CCO)CO1. The molecule has 0 amide bonds. The van der Waals surface area contributed by atoms with Gasteiger partial charge in [0.05, 0.1) is 48.7 Å². The Morgan fingerprint density at radius 2 is 0.574 bits per heavy atom. The Morgan fingerprint density at radius 1 is 0.368 bits per heavy atom. The number of hydrogen-bond acceptors (Lipinski definition) is 16. The second-order valence-electron chi connectivity index (χ2n) is 18.9. The number of β-amino-alcohol motifs (C(OH)–C–C–N with tert-alkyl or cyclic N) is 4. The molecule has 4 aromatic carbocycles. The van der Waals surface area contributed by atoms with Gasteiger partial charge in [-0.05, 0) is 49.9 Å². The van der Waals surface area contributed by atoms with Gasteiger partial charge >= 0.3 is 0 Å². The molecule has 16 heteroatoms. The molecule has 4 unspecified atom stereocenters. The molecule has 4 aromatic rings. The van der Waals surface area contributed by atoms with E-state index in [1.54, 1.807) is 0 Å². The fourth-order valence-corrected chi connectivity index (χ4v) is 11.7. The summed E-state index contributed by atoms with van der Waals surface area (Å²) in [5, 5.41) is 90.9. The molecule has 5 aliphatic rings. The summed E-state index contributed by atoms with van der Waals surface area (Å²) >= 11 is 0. The first-order valence-electron chi connectivity index (χ1n) is 24.4. The minimum absolute atomic E-state index is 0.0647. The quantitative estimate of drug-likeness (QED) is 0.0873. The lowest BCUT2D eigenvalue weighted by molar-refractivity contribution is 0.0734. The van der Waals surface area contributed by atoms with E-state index in [9.17, 15) is 40.9 Å². The number of ether oxygens (including phenoxy) is 4. The lowest BCUT2D eigenvalue weighted by Crippen LogP contribution is -2.36. The van der Waals surface area contributed by atoms with E-state index >= 15 is 0 Å². The van der Waals surface area contributed by atoms with Crippen molar-refractivity contribution in [2.45, 2.75) is 103 Å². The highest BCUT2D eigenvalue weighted by molar-refractivity contribution is 5.68. The van der Waals surface area contributed by atoms with E-state index in [0.29, 0.717) is 146 Å². The first kappa shape index (κ1) is 48.0. The van der Waals surface area contributed by atoms with Crippen LogP contribution in [0.3, 0.4) is 0 Å². The van der Waals surface area contributed by atoms with Gasteiger partial charge < -0.3 is 59.8 Å². The smallest absolute Gasteiger partial charge is 0.142 e. The summed E-state index contributed by atoms with van der Waals surface area (Å²) < 4.78 is 26.4. The summed E-state index contributed by atoms with van der Waals surface area (Å²) in [6, 6.07) is 8.06. The second-order valence-corrected chi connectivity index (χ2v) is 18.9. The third kappa shape index (κ3) is 8.25. The van der Waals surface area contributed by atoms with Gasteiger partial charge in [-0.1, -0.05) is 27.7 Å². The third-order valence-electron chi connectivity index (χ3n) is 15.0. The molecule has 8 bridgehead atoms. The summed E-state index contributed by atoms with van der Waals surface area (Å²) in [5.74, 6) is 0.443. The highest BCUT2D eigenvalue weighted by Crippen LogP contribution is 2.57. The first-order valence-corrected chi connectivity index (χ1v) is 24.4. The van der Waals surface area contributed by atoms with Crippen LogP contribution in [0, 0.1) is 0 Å². The van der Waals surface area contributed by atoms with E-state index in [1.807, 2.05) is 43.9 Å². The molecule has 0 fully saturated rings. The van der Waals surface area contributed by atoms with Crippen LogP contribution in [0.4, 0.5) is 0 Å². The van der Waals surface area contributed by atoms with Crippen molar-refractivity contribution < 1.29 is 59.8 Å². The molecule has 16 nitrogen and oxygen atoms in total. The highest BCUT2D eigenvalue weighted by Gasteiger charge is 2.40. The molecule has 0 spiro atoms. The molecule has 4 aliphatic heterocycles. The number of hydrogen-bond donors (Lipinski definition) is 8.